The molecule has 0 bridgehead atoms. The summed E-state index contributed by atoms with van der Waals surface area (Å²) in [5.41, 5.74) is 2.17. The van der Waals surface area contributed by atoms with Crippen molar-refractivity contribution in [1.29, 1.82) is 0 Å². The van der Waals surface area contributed by atoms with E-state index in [9.17, 15) is 13.2 Å². The molecule has 0 aliphatic carbocycles. The van der Waals surface area contributed by atoms with Gasteiger partial charge in [-0.15, -0.1) is 0 Å². The highest BCUT2D eigenvalue weighted by molar-refractivity contribution is 7.89. The van der Waals surface area contributed by atoms with E-state index in [0.29, 0.717) is 12.6 Å². The highest BCUT2D eigenvalue weighted by Crippen LogP contribution is 2.14. The minimum atomic E-state index is -3.68. The van der Waals surface area contributed by atoms with E-state index in [1.54, 1.807) is 18.2 Å². The molecule has 28 heavy (non-hydrogen) atoms. The molecule has 2 rings (SSSR count). The largest absolute Gasteiger partial charge is 0.351 e. The third-order valence-corrected chi connectivity index (χ3v) is 6.53. The van der Waals surface area contributed by atoms with Gasteiger partial charge in [0.1, 0.15) is 0 Å². The van der Waals surface area contributed by atoms with Crippen LogP contribution in [-0.2, 0) is 27.9 Å². The van der Waals surface area contributed by atoms with Crippen LogP contribution in [0.5, 0.6) is 0 Å². The van der Waals surface area contributed by atoms with E-state index in [1.165, 1.54) is 19.2 Å². The van der Waals surface area contributed by atoms with Crippen molar-refractivity contribution in [3.63, 3.8) is 0 Å². The zero-order valence-electron chi connectivity index (χ0n) is 16.9. The number of nitrogens with one attached hydrogen (secondary N) is 1. The maximum absolute atomic E-state index is 12.5. The Morgan fingerprint density at radius 2 is 1.54 bits per heavy atom. The Balaban J connectivity index is 1.98. The van der Waals surface area contributed by atoms with Crippen LogP contribution in [0.15, 0.2) is 59.5 Å². The summed E-state index contributed by atoms with van der Waals surface area (Å²) in [6.07, 6.45) is 0. The van der Waals surface area contributed by atoms with Gasteiger partial charge in [-0.05, 0) is 44.2 Å². The minimum absolute atomic E-state index is 0.173. The first kappa shape index (κ1) is 22.1. The summed E-state index contributed by atoms with van der Waals surface area (Å²) in [6, 6.07) is 16.5. The molecular weight excluding hydrogens is 374 g/mol. The van der Waals surface area contributed by atoms with E-state index in [2.05, 4.69) is 31.1 Å². The number of hydrogen-bond acceptors (Lipinski definition) is 4. The first-order valence-corrected chi connectivity index (χ1v) is 10.7. The summed E-state index contributed by atoms with van der Waals surface area (Å²) in [7, 11) is -0.216. The van der Waals surface area contributed by atoms with E-state index < -0.39 is 10.0 Å². The lowest BCUT2D eigenvalue weighted by molar-refractivity contribution is -0.121. The lowest BCUT2D eigenvalue weighted by Crippen LogP contribution is -2.38. The number of carbonyl (C=O) groups is 1. The summed E-state index contributed by atoms with van der Waals surface area (Å²) < 4.78 is 26.1. The highest BCUT2D eigenvalue weighted by Gasteiger charge is 2.22. The van der Waals surface area contributed by atoms with Crippen LogP contribution < -0.4 is 5.32 Å². The fourth-order valence-electron chi connectivity index (χ4n) is 2.64. The lowest BCUT2D eigenvalue weighted by atomic mass is 10.1. The molecule has 2 aromatic rings. The van der Waals surface area contributed by atoms with Crippen LogP contribution in [-0.4, -0.2) is 50.2 Å². The van der Waals surface area contributed by atoms with Gasteiger partial charge in [0.25, 0.3) is 0 Å². The van der Waals surface area contributed by atoms with Crippen LogP contribution in [0.25, 0.3) is 0 Å². The van der Waals surface area contributed by atoms with Gasteiger partial charge < -0.3 is 5.32 Å². The maximum atomic E-state index is 12.5. The number of rotatable bonds is 9. The number of amides is 1. The summed E-state index contributed by atoms with van der Waals surface area (Å²) in [4.78, 5) is 14.7. The Kier molecular flexibility index (Phi) is 7.74. The Labute approximate surface area is 168 Å². The fraction of sp³-hybridized carbons (Fsp3) is 0.381. The molecule has 0 aliphatic rings. The topological polar surface area (TPSA) is 69.7 Å². The highest BCUT2D eigenvalue weighted by atomic mass is 32.2. The van der Waals surface area contributed by atoms with Crippen LogP contribution in [0.4, 0.5) is 0 Å². The Hall–Kier alpha value is -2.22. The average molecular weight is 404 g/mol. The van der Waals surface area contributed by atoms with Crippen molar-refractivity contribution in [1.82, 2.24) is 14.5 Å². The summed E-state index contributed by atoms with van der Waals surface area (Å²) >= 11 is 0. The molecule has 152 valence electrons. The average Bonchev–Trinajstić information content (AvgIpc) is 2.67. The molecule has 2 aromatic carbocycles. The Morgan fingerprint density at radius 3 is 2.14 bits per heavy atom. The third kappa shape index (κ3) is 5.89. The number of benzene rings is 2. The van der Waals surface area contributed by atoms with Gasteiger partial charge in [-0.25, -0.2) is 8.42 Å². The van der Waals surface area contributed by atoms with Crippen molar-refractivity contribution >= 4 is 15.9 Å². The van der Waals surface area contributed by atoms with Gasteiger partial charge >= 0.3 is 0 Å². The molecule has 1 N–H and O–H groups in total. The zero-order chi connectivity index (χ0) is 20.7. The number of likely N-dealkylation sites (N-methyl/N-ethyl adjacent to an activating group) is 1. The smallest absolute Gasteiger partial charge is 0.243 e. The van der Waals surface area contributed by atoms with Gasteiger partial charge in [0.2, 0.25) is 15.9 Å². The normalized spacial score (nSPS) is 12.0. The van der Waals surface area contributed by atoms with E-state index in [4.69, 9.17) is 0 Å². The van der Waals surface area contributed by atoms with Crippen LogP contribution in [0.3, 0.4) is 0 Å². The minimum Gasteiger partial charge on any atom is -0.351 e. The van der Waals surface area contributed by atoms with Crippen molar-refractivity contribution in [3.8, 4) is 0 Å². The standard InChI is InChI=1S/C21H29N3O3S/c1-17(2)23(3)15-19-11-9-8-10-18(19)14-22-21(25)16-24(4)28(26,27)20-12-6-5-7-13-20/h5-13,17H,14-16H2,1-4H3,(H,22,25). The van der Waals surface area contributed by atoms with Crippen LogP contribution in [0.2, 0.25) is 0 Å². The van der Waals surface area contributed by atoms with Crippen molar-refractivity contribution < 1.29 is 13.2 Å². The van der Waals surface area contributed by atoms with Crippen LogP contribution >= 0.6 is 0 Å². The molecule has 0 aromatic heterocycles. The van der Waals surface area contributed by atoms with Gasteiger partial charge in [0.05, 0.1) is 11.4 Å². The van der Waals surface area contributed by atoms with Crippen molar-refractivity contribution in [3.05, 3.63) is 65.7 Å². The number of carbonyl (C=O) groups excluding carboxylic acids is 1. The van der Waals surface area contributed by atoms with Crippen molar-refractivity contribution in [2.45, 2.75) is 37.9 Å². The molecule has 0 saturated heterocycles. The van der Waals surface area contributed by atoms with Gasteiger partial charge in [0.15, 0.2) is 0 Å². The molecule has 0 fully saturated rings. The van der Waals surface area contributed by atoms with Gasteiger partial charge in [0, 0.05) is 26.2 Å². The Morgan fingerprint density at radius 1 is 0.964 bits per heavy atom. The first-order chi connectivity index (χ1) is 13.2. The predicted molar refractivity (Wildman–Crippen MR) is 111 cm³/mol. The molecule has 0 atom stereocenters. The monoisotopic (exact) mass is 403 g/mol. The molecule has 6 nitrogen and oxygen atoms in total. The summed E-state index contributed by atoms with van der Waals surface area (Å²) in [5, 5.41) is 2.83. The summed E-state index contributed by atoms with van der Waals surface area (Å²) in [6.45, 7) is 5.18. The van der Waals surface area contributed by atoms with Gasteiger partial charge in [-0.3, -0.25) is 9.69 Å². The van der Waals surface area contributed by atoms with E-state index in [-0.39, 0.29) is 17.3 Å². The van der Waals surface area contributed by atoms with Gasteiger partial charge in [-0.2, -0.15) is 4.31 Å². The Bertz CT molecular complexity index is 883. The second-order valence-electron chi connectivity index (χ2n) is 7.13. The van der Waals surface area contributed by atoms with E-state index in [0.717, 1.165) is 22.0 Å². The second-order valence-corrected chi connectivity index (χ2v) is 9.17. The van der Waals surface area contributed by atoms with E-state index in [1.807, 2.05) is 24.3 Å². The zero-order valence-corrected chi connectivity index (χ0v) is 17.7. The molecule has 1 amide bonds. The van der Waals surface area contributed by atoms with E-state index >= 15 is 0 Å². The quantitative estimate of drug-likeness (QED) is 0.698. The predicted octanol–water partition coefficient (Wildman–Crippen LogP) is 2.46. The molecular formula is C21H29N3O3S. The molecule has 0 aliphatic heterocycles. The molecule has 7 heteroatoms. The molecule has 0 unspecified atom stereocenters. The molecule has 0 radical (unpaired) electrons. The molecule has 0 heterocycles. The van der Waals surface area contributed by atoms with Crippen molar-refractivity contribution in [2.75, 3.05) is 20.6 Å². The van der Waals surface area contributed by atoms with Crippen molar-refractivity contribution in [2.24, 2.45) is 0 Å². The molecule has 0 saturated carbocycles. The van der Waals surface area contributed by atoms with Gasteiger partial charge in [-0.1, -0.05) is 42.5 Å². The molecule has 0 spiro atoms. The SMILES string of the molecule is CC(C)N(C)Cc1ccccc1CNC(=O)CN(C)S(=O)(=O)c1ccccc1. The van der Waals surface area contributed by atoms with Crippen LogP contribution in [0, 0.1) is 0 Å². The third-order valence-electron chi connectivity index (χ3n) is 4.71. The summed E-state index contributed by atoms with van der Waals surface area (Å²) in [5.74, 6) is -0.339. The number of nitrogens with zero attached hydrogens (tertiary/aromatic N) is 2. The first-order valence-electron chi connectivity index (χ1n) is 9.27. The second kappa shape index (κ2) is 9.82. The van der Waals surface area contributed by atoms with Crippen LogP contribution in [0.1, 0.15) is 25.0 Å². The maximum Gasteiger partial charge on any atom is 0.243 e. The fourth-order valence-corrected chi connectivity index (χ4v) is 3.79. The number of sulfonamides is 1. The lowest BCUT2D eigenvalue weighted by Gasteiger charge is -2.23. The number of hydrogen-bond donors (Lipinski definition) is 1.